The molecule has 4 heteroatoms. The lowest BCUT2D eigenvalue weighted by molar-refractivity contribution is 0.106. The zero-order valence-electron chi connectivity index (χ0n) is 6.99. The molecule has 0 saturated heterocycles. The van der Waals surface area contributed by atoms with Crippen LogP contribution < -0.4 is 0 Å². The maximum absolute atomic E-state index is 11.4. The van der Waals surface area contributed by atoms with E-state index < -0.39 is 0 Å². The number of hydrogen-bond donors (Lipinski definition) is 1. The molecule has 13 heavy (non-hydrogen) atoms. The first-order valence-corrected chi connectivity index (χ1v) is 4.02. The van der Waals surface area contributed by atoms with Crippen LogP contribution in [0, 0.1) is 0 Å². The van der Waals surface area contributed by atoms with Gasteiger partial charge in [0.1, 0.15) is 5.71 Å². The average molecular weight is 198 g/mol. The second-order valence-corrected chi connectivity index (χ2v) is 2.96. The van der Waals surface area contributed by atoms with E-state index >= 15 is 0 Å². The van der Waals surface area contributed by atoms with Crippen LogP contribution in [0.5, 0.6) is 0 Å². The molecule has 0 aliphatic carbocycles. The van der Waals surface area contributed by atoms with E-state index in [1.54, 1.807) is 24.3 Å². The molecule has 0 aliphatic rings. The van der Waals surface area contributed by atoms with E-state index in [1.807, 2.05) is 0 Å². The first-order valence-electron chi connectivity index (χ1n) is 3.64. The molecule has 0 fully saturated rings. The van der Waals surface area contributed by atoms with Crippen LogP contribution in [0.25, 0.3) is 0 Å². The molecule has 0 bridgehead atoms. The number of benzene rings is 1. The van der Waals surface area contributed by atoms with E-state index in [4.69, 9.17) is 16.8 Å². The van der Waals surface area contributed by atoms with Crippen LogP contribution in [0.4, 0.5) is 0 Å². The second kappa shape index (κ2) is 4.05. The van der Waals surface area contributed by atoms with Gasteiger partial charge in [0.15, 0.2) is 0 Å². The summed E-state index contributed by atoms with van der Waals surface area (Å²) in [5, 5.41) is 11.7. The summed E-state index contributed by atoms with van der Waals surface area (Å²) in [6.07, 6.45) is 0. The molecule has 1 rings (SSSR count). The Kier molecular flexibility index (Phi) is 3.03. The predicted molar refractivity (Wildman–Crippen MR) is 50.7 cm³/mol. The summed E-state index contributed by atoms with van der Waals surface area (Å²) in [6.45, 7) is 1.44. The molecule has 0 amide bonds. The summed E-state index contributed by atoms with van der Waals surface area (Å²) >= 11 is 5.64. The van der Waals surface area contributed by atoms with E-state index in [0.717, 1.165) is 0 Å². The largest absolute Gasteiger partial charge is 0.411 e. The summed E-state index contributed by atoms with van der Waals surface area (Å²) in [7, 11) is 0. The number of halogens is 1. The Morgan fingerprint density at radius 2 is 1.92 bits per heavy atom. The van der Waals surface area contributed by atoms with Gasteiger partial charge >= 0.3 is 0 Å². The Bertz CT molecular complexity index is 343. The number of nitrogens with zero attached hydrogens (tertiary/aromatic N) is 1. The summed E-state index contributed by atoms with van der Waals surface area (Å²) in [5.74, 6) is -0.306. The Hall–Kier alpha value is -1.35. The molecule has 0 aromatic heterocycles. The number of oxime groups is 1. The lowest BCUT2D eigenvalue weighted by Gasteiger charge is -1.97. The van der Waals surface area contributed by atoms with E-state index in [2.05, 4.69) is 5.16 Å². The molecule has 1 aromatic rings. The molecule has 3 nitrogen and oxygen atoms in total. The van der Waals surface area contributed by atoms with E-state index in [9.17, 15) is 4.79 Å². The third-order valence-electron chi connectivity index (χ3n) is 1.59. The molecule has 0 atom stereocenters. The fourth-order valence-corrected chi connectivity index (χ4v) is 0.982. The fourth-order valence-electron chi connectivity index (χ4n) is 0.856. The van der Waals surface area contributed by atoms with Gasteiger partial charge < -0.3 is 5.21 Å². The van der Waals surface area contributed by atoms with Gasteiger partial charge in [-0.3, -0.25) is 4.79 Å². The van der Waals surface area contributed by atoms with Gasteiger partial charge in [0.2, 0.25) is 5.78 Å². The maximum Gasteiger partial charge on any atom is 0.210 e. The molecule has 0 radical (unpaired) electrons. The van der Waals surface area contributed by atoms with Crippen LogP contribution in [-0.4, -0.2) is 16.7 Å². The van der Waals surface area contributed by atoms with Crippen LogP contribution in [0.3, 0.4) is 0 Å². The minimum atomic E-state index is -0.306. The highest BCUT2D eigenvalue weighted by atomic mass is 35.5. The third kappa shape index (κ3) is 2.29. The monoisotopic (exact) mass is 197 g/mol. The van der Waals surface area contributed by atoms with Gasteiger partial charge in [-0.05, 0) is 31.2 Å². The Morgan fingerprint density at radius 3 is 2.38 bits per heavy atom. The molecule has 0 heterocycles. The van der Waals surface area contributed by atoms with Gasteiger partial charge in [-0.2, -0.15) is 0 Å². The maximum atomic E-state index is 11.4. The highest BCUT2D eigenvalue weighted by Gasteiger charge is 2.08. The van der Waals surface area contributed by atoms with Gasteiger partial charge in [-0.15, -0.1) is 0 Å². The smallest absolute Gasteiger partial charge is 0.210 e. The zero-order valence-corrected chi connectivity index (χ0v) is 7.75. The van der Waals surface area contributed by atoms with Crippen LogP contribution in [0.1, 0.15) is 17.3 Å². The molecular weight excluding hydrogens is 190 g/mol. The van der Waals surface area contributed by atoms with Crippen molar-refractivity contribution in [3.05, 3.63) is 34.9 Å². The second-order valence-electron chi connectivity index (χ2n) is 2.52. The molecular formula is C9H8ClNO2. The van der Waals surface area contributed by atoms with Crippen LogP contribution >= 0.6 is 11.6 Å². The predicted octanol–water partition coefficient (Wildman–Crippen LogP) is 2.37. The number of carbonyl (C=O) groups excluding carboxylic acids is 1. The van der Waals surface area contributed by atoms with Crippen molar-refractivity contribution < 1.29 is 10.0 Å². The molecule has 0 aliphatic heterocycles. The average Bonchev–Trinajstić information content (AvgIpc) is 2.17. The van der Waals surface area contributed by atoms with Gasteiger partial charge in [0.05, 0.1) is 0 Å². The normalized spacial score (nSPS) is 11.4. The highest BCUT2D eigenvalue weighted by molar-refractivity contribution is 6.45. The van der Waals surface area contributed by atoms with Crippen molar-refractivity contribution in [3.63, 3.8) is 0 Å². The van der Waals surface area contributed by atoms with Crippen molar-refractivity contribution in [3.8, 4) is 0 Å². The summed E-state index contributed by atoms with van der Waals surface area (Å²) in [6, 6.07) is 6.39. The summed E-state index contributed by atoms with van der Waals surface area (Å²) in [4.78, 5) is 11.4. The van der Waals surface area contributed by atoms with Crippen LogP contribution in [0.2, 0.25) is 5.02 Å². The van der Waals surface area contributed by atoms with Crippen LogP contribution in [0.15, 0.2) is 29.4 Å². The van der Waals surface area contributed by atoms with Crippen molar-refractivity contribution in [2.45, 2.75) is 6.92 Å². The Balaban J connectivity index is 2.97. The molecule has 0 saturated carbocycles. The topological polar surface area (TPSA) is 49.7 Å². The Morgan fingerprint density at radius 1 is 1.38 bits per heavy atom. The number of hydrogen-bond acceptors (Lipinski definition) is 3. The van der Waals surface area contributed by atoms with Crippen molar-refractivity contribution >= 4 is 23.1 Å². The van der Waals surface area contributed by atoms with Gasteiger partial charge in [-0.25, -0.2) is 0 Å². The summed E-state index contributed by atoms with van der Waals surface area (Å²) < 4.78 is 0. The molecule has 68 valence electrons. The molecule has 0 spiro atoms. The number of Topliss-reactive ketones (excluding diaryl/α,β-unsaturated/α-hetero) is 1. The van der Waals surface area contributed by atoms with E-state index in [-0.39, 0.29) is 11.5 Å². The lowest BCUT2D eigenvalue weighted by atomic mass is 10.1. The van der Waals surface area contributed by atoms with Crippen molar-refractivity contribution in [2.24, 2.45) is 5.16 Å². The van der Waals surface area contributed by atoms with E-state index in [1.165, 1.54) is 6.92 Å². The third-order valence-corrected chi connectivity index (χ3v) is 1.84. The zero-order chi connectivity index (χ0) is 9.84. The Labute approximate surface area is 80.6 Å². The number of rotatable bonds is 2. The number of ketones is 1. The van der Waals surface area contributed by atoms with Gasteiger partial charge in [0.25, 0.3) is 0 Å². The van der Waals surface area contributed by atoms with Crippen LogP contribution in [-0.2, 0) is 0 Å². The quantitative estimate of drug-likeness (QED) is 0.343. The van der Waals surface area contributed by atoms with Crippen molar-refractivity contribution in [2.75, 3.05) is 0 Å². The SMILES string of the molecule is C/C(=N\O)C(=O)c1ccc(Cl)cc1. The van der Waals surface area contributed by atoms with E-state index in [0.29, 0.717) is 10.6 Å². The minimum Gasteiger partial charge on any atom is -0.411 e. The highest BCUT2D eigenvalue weighted by Crippen LogP contribution is 2.10. The van der Waals surface area contributed by atoms with Crippen molar-refractivity contribution in [1.82, 2.24) is 0 Å². The number of carbonyl (C=O) groups is 1. The molecule has 0 unspecified atom stereocenters. The standard InChI is InChI=1S/C9H8ClNO2/c1-6(11-13)9(12)7-2-4-8(10)5-3-7/h2-5,13H,1H3/b11-6+. The van der Waals surface area contributed by atoms with Gasteiger partial charge in [-0.1, -0.05) is 16.8 Å². The summed E-state index contributed by atoms with van der Waals surface area (Å²) in [5.41, 5.74) is 0.516. The van der Waals surface area contributed by atoms with Gasteiger partial charge in [0, 0.05) is 10.6 Å². The molecule has 1 N–H and O–H groups in total. The lowest BCUT2D eigenvalue weighted by Crippen LogP contribution is -2.09. The first kappa shape index (κ1) is 9.74. The minimum absolute atomic E-state index is 0.0577. The molecule has 1 aromatic carbocycles. The van der Waals surface area contributed by atoms with Crippen molar-refractivity contribution in [1.29, 1.82) is 0 Å². The fraction of sp³-hybridized carbons (Fsp3) is 0.111. The first-order chi connectivity index (χ1) is 6.15.